The van der Waals surface area contributed by atoms with Crippen molar-refractivity contribution < 1.29 is 38.0 Å². The summed E-state index contributed by atoms with van der Waals surface area (Å²) in [5, 5.41) is 9.23. The normalized spacial score (nSPS) is 10.6. The molecule has 0 heterocycles. The van der Waals surface area contributed by atoms with Gasteiger partial charge in [-0.25, -0.2) is 9.59 Å². The molecule has 0 N–H and O–H groups in total. The Morgan fingerprint density at radius 1 is 0.909 bits per heavy atom. The zero-order valence-corrected chi connectivity index (χ0v) is 19.1. The van der Waals surface area contributed by atoms with Gasteiger partial charge in [0.25, 0.3) is 0 Å². The molecule has 0 bridgehead atoms. The second kappa shape index (κ2) is 12.0. The van der Waals surface area contributed by atoms with E-state index in [-0.39, 0.29) is 29.2 Å². The second-order valence-electron chi connectivity index (χ2n) is 6.33. The summed E-state index contributed by atoms with van der Waals surface area (Å²) in [5.41, 5.74) is 0.502. The molecule has 0 aliphatic carbocycles. The average Bonchev–Trinajstić information content (AvgIpc) is 2.83. The summed E-state index contributed by atoms with van der Waals surface area (Å²) in [6, 6.07) is 9.40. The SMILES string of the molecule is CCOC(=O)/C(C#N)=C/c1ccc(OC(=O)c2cc(OC)c(OC)c(OC)c2)c(OCC)c1. The molecular weight excluding hydrogens is 430 g/mol. The molecule has 33 heavy (non-hydrogen) atoms. The molecule has 2 aromatic rings. The van der Waals surface area contributed by atoms with Crippen LogP contribution >= 0.6 is 0 Å². The predicted molar refractivity (Wildman–Crippen MR) is 119 cm³/mol. The van der Waals surface area contributed by atoms with E-state index in [2.05, 4.69) is 0 Å². The molecule has 0 atom stereocenters. The minimum absolute atomic E-state index is 0.151. The van der Waals surface area contributed by atoms with E-state index in [1.165, 1.54) is 45.6 Å². The minimum Gasteiger partial charge on any atom is -0.493 e. The van der Waals surface area contributed by atoms with E-state index in [4.69, 9.17) is 28.4 Å². The van der Waals surface area contributed by atoms with Crippen molar-refractivity contribution in [3.63, 3.8) is 0 Å². The van der Waals surface area contributed by atoms with Crippen molar-refractivity contribution in [2.45, 2.75) is 13.8 Å². The average molecular weight is 455 g/mol. The largest absolute Gasteiger partial charge is 0.493 e. The fourth-order valence-electron chi connectivity index (χ4n) is 2.84. The molecule has 0 saturated carbocycles. The highest BCUT2D eigenvalue weighted by Crippen LogP contribution is 2.39. The zero-order valence-electron chi connectivity index (χ0n) is 19.1. The van der Waals surface area contributed by atoms with Gasteiger partial charge in [-0.15, -0.1) is 0 Å². The van der Waals surface area contributed by atoms with E-state index in [0.717, 1.165) is 0 Å². The molecule has 9 nitrogen and oxygen atoms in total. The van der Waals surface area contributed by atoms with E-state index in [1.807, 2.05) is 6.07 Å². The fourth-order valence-corrected chi connectivity index (χ4v) is 2.84. The first-order chi connectivity index (χ1) is 15.9. The maximum absolute atomic E-state index is 12.8. The Labute approximate surface area is 192 Å². The highest BCUT2D eigenvalue weighted by Gasteiger charge is 2.20. The van der Waals surface area contributed by atoms with Gasteiger partial charge in [-0.05, 0) is 49.8 Å². The lowest BCUT2D eigenvalue weighted by Crippen LogP contribution is -2.11. The van der Waals surface area contributed by atoms with Gasteiger partial charge in [0.15, 0.2) is 23.0 Å². The van der Waals surface area contributed by atoms with Crippen molar-refractivity contribution in [1.82, 2.24) is 0 Å². The Balaban J connectivity index is 2.39. The topological polar surface area (TPSA) is 113 Å². The van der Waals surface area contributed by atoms with Gasteiger partial charge in [-0.3, -0.25) is 0 Å². The number of nitrogens with zero attached hydrogens (tertiary/aromatic N) is 1. The molecule has 2 rings (SSSR count). The lowest BCUT2D eigenvalue weighted by Gasteiger charge is -2.15. The molecule has 0 fully saturated rings. The third kappa shape index (κ3) is 6.17. The number of ether oxygens (including phenoxy) is 6. The molecule has 174 valence electrons. The maximum Gasteiger partial charge on any atom is 0.348 e. The molecule has 0 radical (unpaired) electrons. The van der Waals surface area contributed by atoms with Crippen molar-refractivity contribution >= 4 is 18.0 Å². The third-order valence-corrected chi connectivity index (χ3v) is 4.30. The summed E-state index contributed by atoms with van der Waals surface area (Å²) in [6.07, 6.45) is 1.37. The van der Waals surface area contributed by atoms with Crippen molar-refractivity contribution in [2.75, 3.05) is 34.5 Å². The highest BCUT2D eigenvalue weighted by atomic mass is 16.6. The number of benzene rings is 2. The van der Waals surface area contributed by atoms with Crippen LogP contribution in [0.5, 0.6) is 28.7 Å². The molecule has 0 amide bonds. The van der Waals surface area contributed by atoms with Crippen LogP contribution in [0, 0.1) is 11.3 Å². The van der Waals surface area contributed by atoms with Gasteiger partial charge in [-0.2, -0.15) is 5.26 Å². The highest BCUT2D eigenvalue weighted by molar-refractivity contribution is 5.98. The predicted octanol–water partition coefficient (Wildman–Crippen LogP) is 3.80. The van der Waals surface area contributed by atoms with Crippen LogP contribution in [0.3, 0.4) is 0 Å². The van der Waals surface area contributed by atoms with Crippen LogP contribution in [0.2, 0.25) is 0 Å². The van der Waals surface area contributed by atoms with Gasteiger partial charge in [0.1, 0.15) is 11.6 Å². The molecule has 9 heteroatoms. The molecule has 2 aromatic carbocycles. The second-order valence-corrected chi connectivity index (χ2v) is 6.33. The fraction of sp³-hybridized carbons (Fsp3) is 0.292. The number of nitriles is 1. The minimum atomic E-state index is -0.726. The van der Waals surface area contributed by atoms with E-state index in [9.17, 15) is 14.9 Å². The van der Waals surface area contributed by atoms with Gasteiger partial charge < -0.3 is 28.4 Å². The van der Waals surface area contributed by atoms with E-state index in [1.54, 1.807) is 26.0 Å². The van der Waals surface area contributed by atoms with E-state index in [0.29, 0.717) is 29.4 Å². The Morgan fingerprint density at radius 3 is 2.09 bits per heavy atom. The smallest absolute Gasteiger partial charge is 0.348 e. The van der Waals surface area contributed by atoms with Crippen molar-refractivity contribution in [3.8, 4) is 34.8 Å². The van der Waals surface area contributed by atoms with E-state index >= 15 is 0 Å². The van der Waals surface area contributed by atoms with Gasteiger partial charge in [-0.1, -0.05) is 6.07 Å². The number of rotatable bonds is 10. The summed E-state index contributed by atoms with van der Waals surface area (Å²) in [7, 11) is 4.34. The molecular formula is C24H25NO8. The number of hydrogen-bond acceptors (Lipinski definition) is 9. The molecule has 0 aromatic heterocycles. The molecule has 0 aliphatic heterocycles. The molecule has 0 unspecified atom stereocenters. The lowest BCUT2D eigenvalue weighted by molar-refractivity contribution is -0.137. The monoisotopic (exact) mass is 455 g/mol. The Bertz CT molecular complexity index is 1060. The Kier molecular flexibility index (Phi) is 9.12. The number of carbonyl (C=O) groups is 2. The summed E-state index contributed by atoms with van der Waals surface area (Å²) in [6.45, 7) is 3.87. The first kappa shape index (κ1) is 25.1. The van der Waals surface area contributed by atoms with Crippen molar-refractivity contribution in [2.24, 2.45) is 0 Å². The molecule has 0 spiro atoms. The summed E-state index contributed by atoms with van der Waals surface area (Å²) < 4.78 is 31.8. The van der Waals surface area contributed by atoms with Crippen LogP contribution in [-0.2, 0) is 9.53 Å². The number of hydrogen-bond donors (Lipinski definition) is 0. The third-order valence-electron chi connectivity index (χ3n) is 4.30. The standard InChI is InChI=1S/C24H25NO8/c1-6-31-19-11-15(10-17(14-25)23(26)32-7-2)8-9-18(19)33-24(27)16-12-20(28-3)22(30-5)21(13-16)29-4/h8-13H,6-7H2,1-5H3/b17-10+. The first-order valence-electron chi connectivity index (χ1n) is 10.00. The van der Waals surface area contributed by atoms with Gasteiger partial charge in [0.2, 0.25) is 5.75 Å². The van der Waals surface area contributed by atoms with Crippen LogP contribution in [-0.4, -0.2) is 46.5 Å². The molecule has 0 aliphatic rings. The lowest BCUT2D eigenvalue weighted by atomic mass is 10.1. The van der Waals surface area contributed by atoms with Gasteiger partial charge >= 0.3 is 11.9 Å². The number of esters is 2. The summed E-state index contributed by atoms with van der Waals surface area (Å²) in [4.78, 5) is 24.7. The summed E-state index contributed by atoms with van der Waals surface area (Å²) >= 11 is 0. The quantitative estimate of drug-likeness (QED) is 0.228. The zero-order chi connectivity index (χ0) is 24.4. The van der Waals surface area contributed by atoms with E-state index < -0.39 is 11.9 Å². The van der Waals surface area contributed by atoms with Crippen molar-refractivity contribution in [1.29, 1.82) is 5.26 Å². The van der Waals surface area contributed by atoms with Crippen LogP contribution in [0.1, 0.15) is 29.8 Å². The van der Waals surface area contributed by atoms with Gasteiger partial charge in [0.05, 0.1) is 40.1 Å². The van der Waals surface area contributed by atoms with Crippen LogP contribution in [0.4, 0.5) is 0 Å². The van der Waals surface area contributed by atoms with Crippen LogP contribution in [0.25, 0.3) is 6.08 Å². The Hall–Kier alpha value is -4.19. The van der Waals surface area contributed by atoms with Crippen LogP contribution in [0.15, 0.2) is 35.9 Å². The van der Waals surface area contributed by atoms with Crippen LogP contribution < -0.4 is 23.7 Å². The van der Waals surface area contributed by atoms with Gasteiger partial charge in [0, 0.05) is 0 Å². The molecule has 0 saturated heterocycles. The summed E-state index contributed by atoms with van der Waals surface area (Å²) in [5.74, 6) is -0.0404. The number of carbonyl (C=O) groups excluding carboxylic acids is 2. The Morgan fingerprint density at radius 2 is 1.58 bits per heavy atom. The first-order valence-corrected chi connectivity index (χ1v) is 10.00. The number of methoxy groups -OCH3 is 3. The maximum atomic E-state index is 12.8. The van der Waals surface area contributed by atoms with Crippen molar-refractivity contribution in [3.05, 3.63) is 47.0 Å².